The Hall–Kier alpha value is -0.120. The van der Waals surface area contributed by atoms with E-state index in [0.29, 0.717) is 6.04 Å². The summed E-state index contributed by atoms with van der Waals surface area (Å²) >= 11 is 0. The number of hydrogen-bond donors (Lipinski definition) is 2. The molecule has 0 amide bonds. The average molecular weight is 201 g/mol. The van der Waals surface area contributed by atoms with E-state index in [9.17, 15) is 0 Å². The zero-order valence-electron chi connectivity index (χ0n) is 10.2. The minimum absolute atomic E-state index is 0.471. The predicted molar refractivity (Wildman–Crippen MR) is 63.0 cm³/mol. The highest BCUT2D eigenvalue weighted by Gasteiger charge is 2.11. The Labute approximate surface area is 89.0 Å². The van der Waals surface area contributed by atoms with Crippen molar-refractivity contribution in [1.29, 1.82) is 0 Å². The molecule has 0 aromatic rings. The third-order valence-corrected chi connectivity index (χ3v) is 2.63. The second-order valence-corrected chi connectivity index (χ2v) is 4.59. The molecule has 0 aliphatic heterocycles. The van der Waals surface area contributed by atoms with Gasteiger partial charge >= 0.3 is 0 Å². The van der Waals surface area contributed by atoms with Gasteiger partial charge in [0.25, 0.3) is 0 Å². The topological polar surface area (TPSA) is 41.3 Å². The number of rotatable bonds is 8. The van der Waals surface area contributed by atoms with Gasteiger partial charge in [0, 0.05) is 6.04 Å². The van der Waals surface area contributed by atoms with E-state index in [1.807, 2.05) is 0 Å². The summed E-state index contributed by atoms with van der Waals surface area (Å²) in [6.45, 7) is 5.65. The highest BCUT2D eigenvalue weighted by Crippen LogP contribution is 2.13. The summed E-state index contributed by atoms with van der Waals surface area (Å²) in [5.41, 5.74) is 2.92. The van der Waals surface area contributed by atoms with Gasteiger partial charge in [-0.05, 0) is 39.4 Å². The molecule has 0 aromatic carbocycles. The molecule has 2 unspecified atom stereocenters. The van der Waals surface area contributed by atoms with Gasteiger partial charge in [0.2, 0.25) is 0 Å². The van der Waals surface area contributed by atoms with Crippen LogP contribution >= 0.6 is 0 Å². The highest BCUT2D eigenvalue weighted by molar-refractivity contribution is 4.68. The molecule has 2 atom stereocenters. The largest absolute Gasteiger partial charge is 0.309 e. The van der Waals surface area contributed by atoms with Crippen molar-refractivity contribution in [2.24, 2.45) is 11.8 Å². The number of hydrogen-bond acceptors (Lipinski definition) is 3. The van der Waals surface area contributed by atoms with Crippen molar-refractivity contribution in [2.45, 2.75) is 45.6 Å². The molecule has 0 heterocycles. The van der Waals surface area contributed by atoms with Crippen LogP contribution < -0.4 is 11.3 Å². The molecule has 0 rings (SSSR count). The molecule has 0 radical (unpaired) electrons. The molecule has 86 valence electrons. The summed E-state index contributed by atoms with van der Waals surface area (Å²) in [4.78, 5) is 2.20. The SMILES string of the molecule is CCCC(C)CC(CCN(C)C)NN. The lowest BCUT2D eigenvalue weighted by molar-refractivity contribution is 0.320. The van der Waals surface area contributed by atoms with Gasteiger partial charge in [-0.3, -0.25) is 11.3 Å². The van der Waals surface area contributed by atoms with Crippen molar-refractivity contribution in [2.75, 3.05) is 20.6 Å². The molecular weight excluding hydrogens is 174 g/mol. The maximum Gasteiger partial charge on any atom is 0.0225 e. The fourth-order valence-corrected chi connectivity index (χ4v) is 1.78. The lowest BCUT2D eigenvalue weighted by atomic mass is 9.96. The number of nitrogens with two attached hydrogens (primary N) is 1. The van der Waals surface area contributed by atoms with Crippen LogP contribution in [-0.2, 0) is 0 Å². The molecule has 3 heteroatoms. The van der Waals surface area contributed by atoms with E-state index in [-0.39, 0.29) is 0 Å². The maximum atomic E-state index is 5.53. The Balaban J connectivity index is 3.66. The summed E-state index contributed by atoms with van der Waals surface area (Å²) in [6, 6.07) is 0.471. The van der Waals surface area contributed by atoms with Crippen molar-refractivity contribution in [3.8, 4) is 0 Å². The van der Waals surface area contributed by atoms with E-state index in [1.54, 1.807) is 0 Å². The molecule has 0 bridgehead atoms. The fourth-order valence-electron chi connectivity index (χ4n) is 1.78. The maximum absolute atomic E-state index is 5.53. The Morgan fingerprint density at radius 3 is 2.36 bits per heavy atom. The second kappa shape index (κ2) is 8.21. The van der Waals surface area contributed by atoms with Crippen molar-refractivity contribution < 1.29 is 0 Å². The Kier molecular flexibility index (Phi) is 8.14. The van der Waals surface area contributed by atoms with Crippen LogP contribution in [0.2, 0.25) is 0 Å². The fraction of sp³-hybridized carbons (Fsp3) is 1.00. The molecule has 0 saturated heterocycles. The first-order chi connectivity index (χ1) is 6.60. The lowest BCUT2D eigenvalue weighted by Crippen LogP contribution is -2.38. The molecule has 3 N–H and O–H groups in total. The van der Waals surface area contributed by atoms with Gasteiger partial charge in [0.15, 0.2) is 0 Å². The lowest BCUT2D eigenvalue weighted by Gasteiger charge is -2.21. The van der Waals surface area contributed by atoms with Gasteiger partial charge in [0.05, 0.1) is 0 Å². The molecule has 0 spiro atoms. The number of hydrazine groups is 1. The van der Waals surface area contributed by atoms with Gasteiger partial charge in [-0.1, -0.05) is 26.7 Å². The van der Waals surface area contributed by atoms with Crippen LogP contribution in [0.3, 0.4) is 0 Å². The van der Waals surface area contributed by atoms with Gasteiger partial charge in [-0.15, -0.1) is 0 Å². The van der Waals surface area contributed by atoms with E-state index in [1.165, 1.54) is 19.3 Å². The van der Waals surface area contributed by atoms with E-state index < -0.39 is 0 Å². The van der Waals surface area contributed by atoms with Crippen LogP contribution in [0.25, 0.3) is 0 Å². The van der Waals surface area contributed by atoms with Crippen molar-refractivity contribution in [3.05, 3.63) is 0 Å². The van der Waals surface area contributed by atoms with Crippen molar-refractivity contribution in [3.63, 3.8) is 0 Å². The van der Waals surface area contributed by atoms with Crippen LogP contribution in [0.5, 0.6) is 0 Å². The Bertz CT molecular complexity index is 126. The van der Waals surface area contributed by atoms with Crippen LogP contribution in [0.15, 0.2) is 0 Å². The summed E-state index contributed by atoms with van der Waals surface area (Å²) < 4.78 is 0. The quantitative estimate of drug-likeness (QED) is 0.463. The van der Waals surface area contributed by atoms with Gasteiger partial charge < -0.3 is 4.90 Å². The first-order valence-electron chi connectivity index (χ1n) is 5.71. The third kappa shape index (κ3) is 7.30. The highest BCUT2D eigenvalue weighted by atomic mass is 15.2. The Morgan fingerprint density at radius 2 is 1.93 bits per heavy atom. The smallest absolute Gasteiger partial charge is 0.0225 e. The Morgan fingerprint density at radius 1 is 1.29 bits per heavy atom. The summed E-state index contributed by atoms with van der Waals surface area (Å²) in [5.74, 6) is 6.32. The van der Waals surface area contributed by atoms with Crippen molar-refractivity contribution >= 4 is 0 Å². The molecule has 0 aromatic heterocycles. The monoisotopic (exact) mass is 201 g/mol. The van der Waals surface area contributed by atoms with Crippen LogP contribution in [0.4, 0.5) is 0 Å². The summed E-state index contributed by atoms with van der Waals surface area (Å²) in [5, 5.41) is 0. The molecule has 0 saturated carbocycles. The molecule has 14 heavy (non-hydrogen) atoms. The van der Waals surface area contributed by atoms with Crippen LogP contribution in [-0.4, -0.2) is 31.6 Å². The molecule has 0 fully saturated rings. The third-order valence-electron chi connectivity index (χ3n) is 2.63. The van der Waals surface area contributed by atoms with Crippen molar-refractivity contribution in [1.82, 2.24) is 10.3 Å². The van der Waals surface area contributed by atoms with Gasteiger partial charge in [-0.25, -0.2) is 0 Å². The number of nitrogens with one attached hydrogen (secondary N) is 1. The predicted octanol–water partition coefficient (Wildman–Crippen LogP) is 1.60. The zero-order chi connectivity index (χ0) is 11.0. The normalized spacial score (nSPS) is 15.9. The van der Waals surface area contributed by atoms with Crippen LogP contribution in [0.1, 0.15) is 39.5 Å². The average Bonchev–Trinajstić information content (AvgIpc) is 2.12. The molecule has 0 aliphatic carbocycles. The number of nitrogens with zero attached hydrogens (tertiary/aromatic N) is 1. The summed E-state index contributed by atoms with van der Waals surface area (Å²) in [6.07, 6.45) is 4.90. The molecule has 3 nitrogen and oxygen atoms in total. The zero-order valence-corrected chi connectivity index (χ0v) is 10.2. The van der Waals surface area contributed by atoms with Gasteiger partial charge in [-0.2, -0.15) is 0 Å². The van der Waals surface area contributed by atoms with E-state index in [0.717, 1.165) is 18.9 Å². The second-order valence-electron chi connectivity index (χ2n) is 4.59. The first-order valence-corrected chi connectivity index (χ1v) is 5.71. The van der Waals surface area contributed by atoms with Gasteiger partial charge in [0.1, 0.15) is 0 Å². The van der Waals surface area contributed by atoms with E-state index in [2.05, 4.69) is 38.3 Å². The first kappa shape index (κ1) is 13.9. The molecule has 0 aliphatic rings. The summed E-state index contributed by atoms with van der Waals surface area (Å²) in [7, 11) is 4.20. The minimum atomic E-state index is 0.471. The van der Waals surface area contributed by atoms with Crippen LogP contribution in [0, 0.1) is 5.92 Å². The standard InChI is InChI=1S/C11H27N3/c1-5-6-10(2)9-11(13-12)7-8-14(3)4/h10-11,13H,5-9,12H2,1-4H3. The minimum Gasteiger partial charge on any atom is -0.309 e. The van der Waals surface area contributed by atoms with E-state index in [4.69, 9.17) is 5.84 Å². The van der Waals surface area contributed by atoms with E-state index >= 15 is 0 Å². The molecular formula is C11H27N3.